The normalized spacial score (nSPS) is 14.4. The summed E-state index contributed by atoms with van der Waals surface area (Å²) in [5.74, 6) is 0.613. The largest absolute Gasteiger partial charge is 0.299 e. The van der Waals surface area contributed by atoms with E-state index in [9.17, 15) is 0 Å². The van der Waals surface area contributed by atoms with Crippen molar-refractivity contribution in [2.45, 2.75) is 19.4 Å². The molecule has 6 heteroatoms. The number of likely N-dealkylation sites (tertiary alicyclic amines) is 1. The number of piperidine rings is 1. The highest BCUT2D eigenvalue weighted by Crippen LogP contribution is 2.34. The van der Waals surface area contributed by atoms with Gasteiger partial charge in [0.2, 0.25) is 5.82 Å². The van der Waals surface area contributed by atoms with Crippen molar-refractivity contribution in [1.29, 1.82) is 0 Å². The van der Waals surface area contributed by atoms with E-state index in [1.807, 2.05) is 18.2 Å². The van der Waals surface area contributed by atoms with Crippen molar-refractivity contribution in [3.05, 3.63) is 90.8 Å². The number of pyridine rings is 1. The molecule has 3 heterocycles. The molecule has 2 aromatic heterocycles. The zero-order valence-electron chi connectivity index (χ0n) is 19.8. The molecular formula is C29H27N6. The molecule has 35 heavy (non-hydrogen) atoms. The maximum absolute atomic E-state index is 5.13. The summed E-state index contributed by atoms with van der Waals surface area (Å²) in [4.78, 5) is 9.14. The van der Waals surface area contributed by atoms with Crippen molar-refractivity contribution in [1.82, 2.24) is 30.1 Å². The standard InChI is InChI=1S/C29H27N6/c1-34-32-29(31-33-34)24-14-15-27-25(18-24)19-26(22-8-4-2-5-9-22)28(30-27)23-12-10-21(11-13-23)20-35-16-6-3-7-17-35/h2-5,8-15,18-19H,6-7,16-17,20H2,1H3. The molecule has 5 aromatic rings. The van der Waals surface area contributed by atoms with Gasteiger partial charge in [-0.2, -0.15) is 4.80 Å². The number of nitrogens with zero attached hydrogens (tertiary/aromatic N) is 6. The van der Waals surface area contributed by atoms with Crippen molar-refractivity contribution in [2.75, 3.05) is 13.1 Å². The molecule has 1 aliphatic rings. The third-order valence-corrected chi connectivity index (χ3v) is 6.60. The van der Waals surface area contributed by atoms with Gasteiger partial charge in [0, 0.05) is 28.6 Å². The second-order valence-electron chi connectivity index (χ2n) is 9.10. The first-order chi connectivity index (χ1) is 17.2. The molecule has 0 unspecified atom stereocenters. The smallest absolute Gasteiger partial charge is 0.204 e. The summed E-state index contributed by atoms with van der Waals surface area (Å²) in [7, 11) is 1.77. The van der Waals surface area contributed by atoms with Crippen molar-refractivity contribution in [3.63, 3.8) is 0 Å². The Morgan fingerprint density at radius 1 is 0.800 bits per heavy atom. The minimum Gasteiger partial charge on any atom is -0.299 e. The van der Waals surface area contributed by atoms with Gasteiger partial charge in [-0.1, -0.05) is 54.6 Å². The van der Waals surface area contributed by atoms with Crippen LogP contribution in [0.15, 0.2) is 78.9 Å². The lowest BCUT2D eigenvalue weighted by Gasteiger charge is -2.26. The van der Waals surface area contributed by atoms with Gasteiger partial charge in [0.1, 0.15) is 0 Å². The molecule has 1 saturated heterocycles. The number of hydrogen-bond donors (Lipinski definition) is 0. The van der Waals surface area contributed by atoms with Gasteiger partial charge in [-0.15, -0.1) is 10.2 Å². The van der Waals surface area contributed by atoms with E-state index in [0.29, 0.717) is 5.82 Å². The Bertz CT molecular complexity index is 1450. The highest BCUT2D eigenvalue weighted by molar-refractivity contribution is 5.93. The second-order valence-corrected chi connectivity index (χ2v) is 9.10. The van der Waals surface area contributed by atoms with Crippen molar-refractivity contribution in [2.24, 2.45) is 7.05 Å². The summed E-state index contributed by atoms with van der Waals surface area (Å²) >= 11 is 0. The Kier molecular flexibility index (Phi) is 5.80. The van der Waals surface area contributed by atoms with Crippen LogP contribution < -0.4 is 0 Å². The Hall–Kier alpha value is -3.90. The number of tetrazole rings is 1. The molecule has 0 atom stereocenters. The highest BCUT2D eigenvalue weighted by Gasteiger charge is 2.15. The second kappa shape index (κ2) is 9.39. The third kappa shape index (κ3) is 4.57. The predicted molar refractivity (Wildman–Crippen MR) is 139 cm³/mol. The number of aryl methyl sites for hydroxylation is 1. The lowest BCUT2D eigenvalue weighted by Crippen LogP contribution is -2.29. The van der Waals surface area contributed by atoms with Crippen LogP contribution in [0.5, 0.6) is 0 Å². The molecular weight excluding hydrogens is 432 g/mol. The number of hydrogen-bond acceptors (Lipinski definition) is 5. The zero-order valence-corrected chi connectivity index (χ0v) is 19.8. The fourth-order valence-electron chi connectivity index (χ4n) is 4.76. The lowest BCUT2D eigenvalue weighted by atomic mass is 9.96. The van der Waals surface area contributed by atoms with Crippen LogP contribution in [0.25, 0.3) is 44.7 Å². The fourth-order valence-corrected chi connectivity index (χ4v) is 4.76. The molecule has 3 aromatic carbocycles. The third-order valence-electron chi connectivity index (χ3n) is 6.60. The summed E-state index contributed by atoms with van der Waals surface area (Å²) in [6.45, 7) is 3.31. The molecule has 173 valence electrons. The molecule has 6 rings (SSSR count). The van der Waals surface area contributed by atoms with E-state index in [2.05, 4.69) is 87.4 Å². The van der Waals surface area contributed by atoms with Crippen molar-refractivity contribution < 1.29 is 0 Å². The van der Waals surface area contributed by atoms with Crippen molar-refractivity contribution in [3.8, 4) is 33.8 Å². The van der Waals surface area contributed by atoms with Crippen LogP contribution in [0.3, 0.4) is 0 Å². The summed E-state index contributed by atoms with van der Waals surface area (Å²) in [5, 5.41) is 13.5. The summed E-state index contributed by atoms with van der Waals surface area (Å²) in [5.41, 5.74) is 7.60. The van der Waals surface area contributed by atoms with E-state index < -0.39 is 0 Å². The van der Waals surface area contributed by atoms with Crippen LogP contribution in [-0.2, 0) is 13.6 Å². The average Bonchev–Trinajstić information content (AvgIpc) is 3.35. The van der Waals surface area contributed by atoms with Gasteiger partial charge in [-0.25, -0.2) is 4.98 Å². The first-order valence-corrected chi connectivity index (χ1v) is 12.1. The Morgan fingerprint density at radius 2 is 1.57 bits per heavy atom. The average molecular weight is 460 g/mol. The Balaban J connectivity index is 1.40. The summed E-state index contributed by atoms with van der Waals surface area (Å²) < 4.78 is 0. The van der Waals surface area contributed by atoms with Gasteiger partial charge in [0.15, 0.2) is 0 Å². The van der Waals surface area contributed by atoms with E-state index in [4.69, 9.17) is 4.98 Å². The van der Waals surface area contributed by atoms with Crippen LogP contribution in [-0.4, -0.2) is 43.2 Å². The highest BCUT2D eigenvalue weighted by atomic mass is 15.6. The minimum atomic E-state index is 0.613. The first-order valence-electron chi connectivity index (χ1n) is 12.1. The molecule has 0 amide bonds. The summed E-state index contributed by atoms with van der Waals surface area (Å²) in [6, 6.07) is 27.8. The Labute approximate surface area is 205 Å². The number of aromatic nitrogens is 5. The molecule has 0 spiro atoms. The van der Waals surface area contributed by atoms with Gasteiger partial charge in [-0.05, 0) is 73.0 Å². The number of fused-ring (bicyclic) bond motifs is 1. The molecule has 6 nitrogen and oxygen atoms in total. The molecule has 0 saturated carbocycles. The quantitative estimate of drug-likeness (QED) is 0.344. The topological polar surface area (TPSA) is 59.7 Å². The minimum absolute atomic E-state index is 0.613. The van der Waals surface area contributed by atoms with E-state index in [1.165, 1.54) is 23.2 Å². The van der Waals surface area contributed by atoms with Gasteiger partial charge < -0.3 is 0 Å². The molecule has 1 radical (unpaired) electrons. The van der Waals surface area contributed by atoms with E-state index in [0.717, 1.165) is 58.5 Å². The molecule has 0 bridgehead atoms. The fraction of sp³-hybridized carbons (Fsp3) is 0.207. The first kappa shape index (κ1) is 21.6. The number of rotatable bonds is 5. The van der Waals surface area contributed by atoms with E-state index in [1.54, 1.807) is 7.05 Å². The van der Waals surface area contributed by atoms with Crippen LogP contribution in [0.4, 0.5) is 0 Å². The lowest BCUT2D eigenvalue weighted by molar-refractivity contribution is 0.246. The summed E-state index contributed by atoms with van der Waals surface area (Å²) in [6.07, 6.45) is 4.77. The van der Waals surface area contributed by atoms with Gasteiger partial charge in [-0.3, -0.25) is 4.90 Å². The predicted octanol–water partition coefficient (Wildman–Crippen LogP) is 5.56. The van der Waals surface area contributed by atoms with Gasteiger partial charge >= 0.3 is 0 Å². The van der Waals surface area contributed by atoms with E-state index in [-0.39, 0.29) is 0 Å². The molecule has 1 fully saturated rings. The van der Waals surface area contributed by atoms with Crippen LogP contribution in [0.1, 0.15) is 18.4 Å². The van der Waals surface area contributed by atoms with E-state index >= 15 is 0 Å². The SMILES string of the molecule is Cn1nnc(-c2ccc3nc(-c4ccc(CN5CC[CH]CC5)cc4)c(-c4ccccc4)cc3c2)n1. The molecule has 0 N–H and O–H groups in total. The maximum atomic E-state index is 5.13. The Morgan fingerprint density at radius 3 is 2.31 bits per heavy atom. The number of benzene rings is 3. The monoisotopic (exact) mass is 459 g/mol. The molecule has 1 aliphatic heterocycles. The van der Waals surface area contributed by atoms with Crippen molar-refractivity contribution >= 4 is 10.9 Å². The van der Waals surface area contributed by atoms with Crippen LogP contribution in [0.2, 0.25) is 0 Å². The van der Waals surface area contributed by atoms with Crippen LogP contribution in [0, 0.1) is 6.42 Å². The zero-order chi connectivity index (χ0) is 23.6. The van der Waals surface area contributed by atoms with Crippen LogP contribution >= 0.6 is 0 Å². The maximum Gasteiger partial charge on any atom is 0.204 e. The molecule has 0 aliphatic carbocycles. The van der Waals surface area contributed by atoms with Gasteiger partial charge in [0.25, 0.3) is 0 Å². The van der Waals surface area contributed by atoms with Gasteiger partial charge in [0.05, 0.1) is 18.3 Å².